The Morgan fingerprint density at radius 3 is 0.702 bits per heavy atom. The van der Waals surface area contributed by atoms with Crippen LogP contribution in [0.4, 0.5) is 0 Å². The Balaban J connectivity index is 3.63. The van der Waals surface area contributed by atoms with Crippen molar-refractivity contribution in [1.29, 1.82) is 0 Å². The van der Waals surface area contributed by atoms with E-state index in [1.165, 1.54) is 231 Å². The first-order valence-corrected chi connectivity index (χ1v) is 26.1. The Kier molecular flexibility index (Phi) is 42.2. The van der Waals surface area contributed by atoms with Crippen molar-refractivity contribution in [1.82, 2.24) is 0 Å². The van der Waals surface area contributed by atoms with Gasteiger partial charge in [0.2, 0.25) is 0 Å². The molecule has 0 aliphatic rings. The highest BCUT2D eigenvalue weighted by Crippen LogP contribution is 2.22. The zero-order chi connectivity index (χ0) is 41.9. The maximum absolute atomic E-state index is 12.7. The van der Waals surface area contributed by atoms with Crippen LogP contribution in [-0.4, -0.2) is 25.2 Å². The highest BCUT2D eigenvalue weighted by atomic mass is 16.5. The SMILES string of the molecule is CCCCCCCCCCCCCCCCCCCCCC(C)C(=O)OCC(C)(C)COC(=O)C(C)CCCCCCCCCCCCCCCCCCCCC. The van der Waals surface area contributed by atoms with Gasteiger partial charge in [0.05, 0.1) is 25.0 Å². The summed E-state index contributed by atoms with van der Waals surface area (Å²) in [5.74, 6) is -0.384. The summed E-state index contributed by atoms with van der Waals surface area (Å²) >= 11 is 0. The quantitative estimate of drug-likeness (QED) is 0.0454. The van der Waals surface area contributed by atoms with Gasteiger partial charge in [-0.2, -0.15) is 0 Å². The van der Waals surface area contributed by atoms with Crippen LogP contribution in [0.25, 0.3) is 0 Å². The third-order valence-electron chi connectivity index (χ3n) is 12.5. The third kappa shape index (κ3) is 41.5. The Labute approximate surface area is 358 Å². The second-order valence-electron chi connectivity index (χ2n) is 19.5. The van der Waals surface area contributed by atoms with Gasteiger partial charge in [-0.25, -0.2) is 0 Å². The minimum atomic E-state index is -0.384. The normalized spacial score (nSPS) is 12.9. The highest BCUT2D eigenvalue weighted by molar-refractivity contribution is 5.72. The zero-order valence-electron chi connectivity index (χ0n) is 40.0. The van der Waals surface area contributed by atoms with Crippen molar-refractivity contribution in [2.75, 3.05) is 13.2 Å². The second-order valence-corrected chi connectivity index (χ2v) is 19.5. The van der Waals surface area contributed by atoms with E-state index in [0.717, 1.165) is 25.7 Å². The van der Waals surface area contributed by atoms with Crippen LogP contribution >= 0.6 is 0 Å². The van der Waals surface area contributed by atoms with E-state index in [9.17, 15) is 9.59 Å². The fourth-order valence-electron chi connectivity index (χ4n) is 8.15. The third-order valence-corrected chi connectivity index (χ3v) is 12.5. The summed E-state index contributed by atoms with van der Waals surface area (Å²) in [6.45, 7) is 13.2. The Morgan fingerprint density at radius 1 is 0.333 bits per heavy atom. The van der Waals surface area contributed by atoms with Gasteiger partial charge >= 0.3 is 11.9 Å². The number of rotatable bonds is 46. The Bertz CT molecular complexity index is 771. The van der Waals surface area contributed by atoms with Gasteiger partial charge in [0, 0.05) is 5.41 Å². The zero-order valence-corrected chi connectivity index (χ0v) is 40.0. The van der Waals surface area contributed by atoms with Crippen molar-refractivity contribution < 1.29 is 19.1 Å². The van der Waals surface area contributed by atoms with Gasteiger partial charge in [-0.05, 0) is 12.8 Å². The van der Waals surface area contributed by atoms with Crippen LogP contribution in [0.1, 0.15) is 298 Å². The molecule has 0 bridgehead atoms. The lowest BCUT2D eigenvalue weighted by Gasteiger charge is -2.25. The lowest BCUT2D eigenvalue weighted by molar-refractivity contribution is -0.157. The van der Waals surface area contributed by atoms with Gasteiger partial charge in [-0.15, -0.1) is 0 Å². The van der Waals surface area contributed by atoms with Gasteiger partial charge < -0.3 is 9.47 Å². The molecular formula is C53H104O4. The van der Waals surface area contributed by atoms with Crippen LogP contribution in [0, 0.1) is 17.3 Å². The van der Waals surface area contributed by atoms with Crippen molar-refractivity contribution in [2.45, 2.75) is 298 Å². The number of hydrogen-bond donors (Lipinski definition) is 0. The molecule has 2 unspecified atom stereocenters. The van der Waals surface area contributed by atoms with E-state index in [1.807, 2.05) is 27.7 Å². The molecular weight excluding hydrogens is 701 g/mol. The standard InChI is InChI=1S/C53H104O4/c1-7-9-11-13-15-17-19-21-23-25-27-29-31-33-35-37-39-41-43-45-49(3)51(54)56-47-53(5,6)48-57-52(55)50(4)46-44-42-40-38-36-34-32-30-28-26-24-22-20-18-16-14-12-10-8-2/h49-50H,7-48H2,1-6H3. The largest absolute Gasteiger partial charge is 0.465 e. The van der Waals surface area contributed by atoms with Gasteiger partial charge in [0.15, 0.2) is 0 Å². The van der Waals surface area contributed by atoms with E-state index in [2.05, 4.69) is 13.8 Å². The number of carbonyl (C=O) groups is 2. The van der Waals surface area contributed by atoms with E-state index in [-0.39, 0.29) is 42.4 Å². The first-order chi connectivity index (χ1) is 27.7. The monoisotopic (exact) mass is 805 g/mol. The number of carbonyl (C=O) groups excluding carboxylic acids is 2. The fourth-order valence-corrected chi connectivity index (χ4v) is 8.15. The summed E-state index contributed by atoms with van der Waals surface area (Å²) in [6, 6.07) is 0. The predicted octanol–water partition coefficient (Wildman–Crippen LogP) is 18.0. The average Bonchev–Trinajstić information content (AvgIpc) is 3.20. The van der Waals surface area contributed by atoms with Crippen LogP contribution in [0.15, 0.2) is 0 Å². The summed E-state index contributed by atoms with van der Waals surface area (Å²) in [4.78, 5) is 25.4. The Hall–Kier alpha value is -1.06. The second kappa shape index (κ2) is 43.0. The molecule has 0 aromatic heterocycles. The molecule has 0 aromatic carbocycles. The maximum atomic E-state index is 12.7. The molecule has 0 N–H and O–H groups in total. The van der Waals surface area contributed by atoms with Crippen molar-refractivity contribution in [2.24, 2.45) is 17.3 Å². The topological polar surface area (TPSA) is 52.6 Å². The highest BCUT2D eigenvalue weighted by Gasteiger charge is 2.26. The molecule has 0 heterocycles. The molecule has 0 saturated carbocycles. The van der Waals surface area contributed by atoms with Crippen LogP contribution in [0.2, 0.25) is 0 Å². The smallest absolute Gasteiger partial charge is 0.308 e. The fraction of sp³-hybridized carbons (Fsp3) is 0.962. The van der Waals surface area contributed by atoms with Gasteiger partial charge in [-0.1, -0.05) is 286 Å². The van der Waals surface area contributed by atoms with Gasteiger partial charge in [0.1, 0.15) is 0 Å². The van der Waals surface area contributed by atoms with Crippen molar-refractivity contribution in [3.05, 3.63) is 0 Å². The van der Waals surface area contributed by atoms with Crippen molar-refractivity contribution in [3.8, 4) is 0 Å². The van der Waals surface area contributed by atoms with Crippen LogP contribution < -0.4 is 0 Å². The van der Waals surface area contributed by atoms with E-state index >= 15 is 0 Å². The molecule has 2 atom stereocenters. The average molecular weight is 805 g/mol. The van der Waals surface area contributed by atoms with E-state index in [1.54, 1.807) is 0 Å². The molecule has 0 aliphatic carbocycles. The first-order valence-electron chi connectivity index (χ1n) is 26.1. The lowest BCUT2D eigenvalue weighted by atomic mass is 9.95. The first kappa shape index (κ1) is 55.9. The minimum Gasteiger partial charge on any atom is -0.465 e. The molecule has 4 heteroatoms. The summed E-state index contributed by atoms with van der Waals surface area (Å²) in [7, 11) is 0. The molecule has 0 radical (unpaired) electrons. The van der Waals surface area contributed by atoms with Crippen LogP contribution in [0.3, 0.4) is 0 Å². The molecule has 4 nitrogen and oxygen atoms in total. The van der Waals surface area contributed by atoms with Gasteiger partial charge in [-0.3, -0.25) is 9.59 Å². The van der Waals surface area contributed by atoms with Crippen LogP contribution in [0.5, 0.6) is 0 Å². The molecule has 0 rings (SSSR count). The minimum absolute atomic E-state index is 0.0756. The lowest BCUT2D eigenvalue weighted by Crippen LogP contribution is -2.31. The Morgan fingerprint density at radius 2 is 0.509 bits per heavy atom. The van der Waals surface area contributed by atoms with Crippen molar-refractivity contribution in [3.63, 3.8) is 0 Å². The summed E-state index contributed by atoms with van der Waals surface area (Å²) in [5, 5.41) is 0. The summed E-state index contributed by atoms with van der Waals surface area (Å²) in [5.41, 5.74) is -0.384. The number of ether oxygens (including phenoxy) is 2. The number of unbranched alkanes of at least 4 members (excludes halogenated alkanes) is 36. The van der Waals surface area contributed by atoms with Crippen LogP contribution in [-0.2, 0) is 19.1 Å². The molecule has 0 spiro atoms. The van der Waals surface area contributed by atoms with E-state index in [0.29, 0.717) is 0 Å². The molecule has 0 aliphatic heterocycles. The molecule has 57 heavy (non-hydrogen) atoms. The maximum Gasteiger partial charge on any atom is 0.308 e. The predicted molar refractivity (Wildman–Crippen MR) is 250 cm³/mol. The van der Waals surface area contributed by atoms with E-state index < -0.39 is 0 Å². The summed E-state index contributed by atoms with van der Waals surface area (Å²) in [6.07, 6.45) is 54.1. The van der Waals surface area contributed by atoms with Crippen molar-refractivity contribution >= 4 is 11.9 Å². The molecule has 0 aromatic rings. The number of esters is 2. The summed E-state index contributed by atoms with van der Waals surface area (Å²) < 4.78 is 11.4. The van der Waals surface area contributed by atoms with Gasteiger partial charge in [0.25, 0.3) is 0 Å². The van der Waals surface area contributed by atoms with E-state index in [4.69, 9.17) is 9.47 Å². The molecule has 0 saturated heterocycles. The molecule has 0 amide bonds. The molecule has 340 valence electrons. The number of hydrogen-bond acceptors (Lipinski definition) is 4. The molecule has 0 fully saturated rings.